The van der Waals surface area contributed by atoms with E-state index in [-0.39, 0.29) is 36.6 Å². The monoisotopic (exact) mass is 511 g/mol. The molecule has 31 heavy (non-hydrogen) atoms. The zero-order valence-electron chi connectivity index (χ0n) is 15.5. The van der Waals surface area contributed by atoms with Gasteiger partial charge in [-0.3, -0.25) is 19.3 Å². The minimum atomic E-state index is -4.92. The Morgan fingerprint density at radius 3 is 0.613 bits per heavy atom. The van der Waals surface area contributed by atoms with E-state index < -0.39 is 53.2 Å². The fraction of sp³-hybridized carbons (Fsp3) is 0.400. The molecule has 0 fully saturated rings. The standard InChI is InChI=1S/3C5H4F3O2.Cr/c3*1-3(9)2-4(10)5(6,7)8;/h3*2H,1H3;/q3*-1;+3. The first-order valence-electron chi connectivity index (χ1n) is 6.91. The van der Waals surface area contributed by atoms with Gasteiger partial charge in [0.15, 0.2) is 0 Å². The molecule has 6 nitrogen and oxygen atoms in total. The zero-order valence-corrected chi connectivity index (χ0v) is 16.8. The molecular weight excluding hydrogens is 499 g/mol. The molecule has 0 saturated carbocycles. The smallest absolute Gasteiger partial charge is 0.334 e. The molecule has 0 aromatic carbocycles. The van der Waals surface area contributed by atoms with Crippen LogP contribution in [0.5, 0.6) is 0 Å². The Morgan fingerprint density at radius 1 is 0.452 bits per heavy atom. The van der Waals surface area contributed by atoms with E-state index in [2.05, 4.69) is 0 Å². The number of Topliss-reactive ketones (excluding diaryl/α,β-unsaturated/α-hetero) is 6. The summed E-state index contributed by atoms with van der Waals surface area (Å²) in [6, 6.07) is 0. The molecule has 0 spiro atoms. The topological polar surface area (TPSA) is 102 Å². The SMILES string of the molecule is CC(=O)[CH-]C(=O)C(F)(F)F.CC(=O)[CH-]C(=O)C(F)(F)F.CC(=O)[CH-]C(=O)C(F)(F)F.[Cr+3]. The van der Waals surface area contributed by atoms with Gasteiger partial charge in [-0.25, -0.2) is 0 Å². The maximum atomic E-state index is 11.3. The van der Waals surface area contributed by atoms with E-state index in [0.29, 0.717) is 0 Å². The maximum Gasteiger partial charge on any atom is 3.00 e. The molecule has 0 aliphatic heterocycles. The number of hydrogen-bond acceptors (Lipinski definition) is 6. The summed E-state index contributed by atoms with van der Waals surface area (Å²) in [5.41, 5.74) is 0. The van der Waals surface area contributed by atoms with Crippen LogP contribution < -0.4 is 0 Å². The summed E-state index contributed by atoms with van der Waals surface area (Å²) in [6.07, 6.45) is -14.7. The van der Waals surface area contributed by atoms with Crippen molar-refractivity contribution in [3.8, 4) is 0 Å². The van der Waals surface area contributed by atoms with Crippen LogP contribution in [0.15, 0.2) is 0 Å². The molecule has 0 saturated heterocycles. The second kappa shape index (κ2) is 14.5. The number of alkyl halides is 9. The Bertz CT molecular complexity index is 573. The molecule has 1 radical (unpaired) electrons. The van der Waals surface area contributed by atoms with E-state index in [1.165, 1.54) is 0 Å². The summed E-state index contributed by atoms with van der Waals surface area (Å²) in [5, 5.41) is 0. The second-order valence-corrected chi connectivity index (χ2v) is 4.85. The van der Waals surface area contributed by atoms with E-state index >= 15 is 0 Å². The van der Waals surface area contributed by atoms with Gasteiger partial charge in [-0.05, 0) is 20.8 Å². The van der Waals surface area contributed by atoms with Gasteiger partial charge in [0, 0.05) is 17.3 Å². The fourth-order valence-electron chi connectivity index (χ4n) is 0.799. The van der Waals surface area contributed by atoms with Crippen molar-refractivity contribution in [2.75, 3.05) is 0 Å². The molecule has 0 heterocycles. The number of halogens is 9. The number of rotatable bonds is 6. The van der Waals surface area contributed by atoms with Crippen molar-refractivity contribution in [2.24, 2.45) is 0 Å². The largest absolute Gasteiger partial charge is 3.00 e. The van der Waals surface area contributed by atoms with Crippen LogP contribution in [0.25, 0.3) is 0 Å². The Kier molecular flexibility index (Phi) is 16.8. The van der Waals surface area contributed by atoms with Gasteiger partial charge in [-0.1, -0.05) is 0 Å². The molecule has 0 amide bonds. The predicted octanol–water partition coefficient (Wildman–Crippen LogP) is 2.73. The molecular formula is C15H12CrF9O6. The third kappa shape index (κ3) is 23.7. The van der Waals surface area contributed by atoms with Crippen molar-refractivity contribution in [1.82, 2.24) is 0 Å². The van der Waals surface area contributed by atoms with Crippen LogP contribution in [0.4, 0.5) is 39.5 Å². The van der Waals surface area contributed by atoms with Gasteiger partial charge in [0.25, 0.3) is 0 Å². The third-order valence-corrected chi connectivity index (χ3v) is 1.84. The first kappa shape index (κ1) is 35.9. The van der Waals surface area contributed by atoms with Gasteiger partial charge in [0.1, 0.15) is 17.3 Å². The van der Waals surface area contributed by atoms with Gasteiger partial charge >= 0.3 is 35.9 Å². The van der Waals surface area contributed by atoms with Gasteiger partial charge in [0.2, 0.25) is 0 Å². The molecule has 0 unspecified atom stereocenters. The van der Waals surface area contributed by atoms with Crippen molar-refractivity contribution in [1.29, 1.82) is 0 Å². The molecule has 177 valence electrons. The summed E-state index contributed by atoms with van der Waals surface area (Å²) < 4.78 is 101. The third-order valence-electron chi connectivity index (χ3n) is 1.84. The van der Waals surface area contributed by atoms with Crippen molar-refractivity contribution in [3.05, 3.63) is 19.3 Å². The average molecular weight is 511 g/mol. The number of carbonyl (C=O) groups excluding carboxylic acids is 6. The normalized spacial score (nSPS) is 10.5. The fourth-order valence-corrected chi connectivity index (χ4v) is 0.799. The van der Waals surface area contributed by atoms with Crippen molar-refractivity contribution < 1.29 is 85.6 Å². The van der Waals surface area contributed by atoms with Crippen LogP contribution >= 0.6 is 0 Å². The van der Waals surface area contributed by atoms with Crippen LogP contribution in [-0.2, 0) is 46.1 Å². The molecule has 0 aliphatic carbocycles. The van der Waals surface area contributed by atoms with E-state index in [1.54, 1.807) is 0 Å². The van der Waals surface area contributed by atoms with Crippen LogP contribution in [0, 0.1) is 19.3 Å². The molecule has 16 heteroatoms. The van der Waals surface area contributed by atoms with E-state index in [9.17, 15) is 68.3 Å². The first-order chi connectivity index (χ1) is 13.0. The first-order valence-corrected chi connectivity index (χ1v) is 6.91. The molecule has 0 aliphatic rings. The maximum absolute atomic E-state index is 11.3. The van der Waals surface area contributed by atoms with Crippen LogP contribution in [0.3, 0.4) is 0 Å². The second-order valence-electron chi connectivity index (χ2n) is 4.85. The van der Waals surface area contributed by atoms with Crippen molar-refractivity contribution in [3.63, 3.8) is 0 Å². The average Bonchev–Trinajstić information content (AvgIpc) is 2.43. The predicted molar refractivity (Wildman–Crippen MR) is 78.1 cm³/mol. The number of hydrogen-bond donors (Lipinski definition) is 0. The molecule has 0 bridgehead atoms. The summed E-state index contributed by atoms with van der Waals surface area (Å²) in [7, 11) is 0. The summed E-state index contributed by atoms with van der Waals surface area (Å²) in [6.45, 7) is 2.64. The van der Waals surface area contributed by atoms with Gasteiger partial charge < -0.3 is 28.8 Å². The zero-order chi connectivity index (χ0) is 25.1. The van der Waals surface area contributed by atoms with Crippen molar-refractivity contribution >= 4 is 34.7 Å². The summed E-state index contributed by atoms with van der Waals surface area (Å²) in [4.78, 5) is 59.4. The van der Waals surface area contributed by atoms with E-state index in [4.69, 9.17) is 0 Å². The molecule has 0 N–H and O–H groups in total. The van der Waals surface area contributed by atoms with Crippen LogP contribution in [0.1, 0.15) is 20.8 Å². The van der Waals surface area contributed by atoms with Gasteiger partial charge in [-0.2, -0.15) is 39.5 Å². The summed E-state index contributed by atoms with van der Waals surface area (Å²) in [5.74, 6) is -9.04. The Balaban J connectivity index is -0.000000174. The molecule has 0 atom stereocenters. The number of ketones is 6. The van der Waals surface area contributed by atoms with E-state index in [1.807, 2.05) is 0 Å². The summed E-state index contributed by atoms with van der Waals surface area (Å²) >= 11 is 0. The molecule has 0 rings (SSSR count). The minimum absolute atomic E-state index is 0. The van der Waals surface area contributed by atoms with Gasteiger partial charge in [-0.15, -0.1) is 0 Å². The van der Waals surface area contributed by atoms with Gasteiger partial charge in [0.05, 0.1) is 0 Å². The molecule has 0 aromatic heterocycles. The Hall–Kier alpha value is -2.47. The van der Waals surface area contributed by atoms with Crippen LogP contribution in [0.2, 0.25) is 0 Å². The van der Waals surface area contributed by atoms with E-state index in [0.717, 1.165) is 20.8 Å². The quantitative estimate of drug-likeness (QED) is 0.309. The van der Waals surface area contributed by atoms with Crippen LogP contribution in [-0.4, -0.2) is 53.2 Å². The Morgan fingerprint density at radius 2 is 0.581 bits per heavy atom. The number of carbonyl (C=O) groups is 6. The molecule has 0 aromatic rings. The minimum Gasteiger partial charge on any atom is -0.334 e. The Labute approximate surface area is 179 Å². The van der Waals surface area contributed by atoms with Crippen molar-refractivity contribution in [2.45, 2.75) is 39.3 Å².